The van der Waals surface area contributed by atoms with Gasteiger partial charge >= 0.3 is 0 Å². The normalized spacial score (nSPS) is 12.4. The Labute approximate surface area is 107 Å². The Kier molecular flexibility index (Phi) is 3.59. The van der Waals surface area contributed by atoms with E-state index in [1.165, 1.54) is 0 Å². The minimum absolute atomic E-state index is 0.541. The minimum atomic E-state index is -0.790. The first kappa shape index (κ1) is 11.6. The SMILES string of the molecule is OC(c1ccc(Br)cn1)c1ccccc1Cl. The average molecular weight is 299 g/mol. The molecule has 0 aliphatic carbocycles. The molecule has 1 atom stereocenters. The number of halogens is 2. The molecule has 1 unspecified atom stereocenters. The van der Waals surface area contributed by atoms with E-state index in [4.69, 9.17) is 11.6 Å². The van der Waals surface area contributed by atoms with Gasteiger partial charge in [0.05, 0.1) is 5.69 Å². The molecule has 4 heteroatoms. The summed E-state index contributed by atoms with van der Waals surface area (Å²) in [4.78, 5) is 4.14. The first-order valence-corrected chi connectivity index (χ1v) is 5.89. The Morgan fingerprint density at radius 1 is 1.19 bits per heavy atom. The topological polar surface area (TPSA) is 33.1 Å². The summed E-state index contributed by atoms with van der Waals surface area (Å²) < 4.78 is 0.877. The zero-order chi connectivity index (χ0) is 11.5. The number of nitrogens with zero attached hydrogens (tertiary/aromatic N) is 1. The number of aromatic nitrogens is 1. The quantitative estimate of drug-likeness (QED) is 0.919. The molecule has 0 spiro atoms. The number of aliphatic hydroxyl groups excluding tert-OH is 1. The van der Waals surface area contributed by atoms with E-state index in [0.29, 0.717) is 16.3 Å². The van der Waals surface area contributed by atoms with Crippen LogP contribution >= 0.6 is 27.5 Å². The van der Waals surface area contributed by atoms with Crippen LogP contribution in [-0.2, 0) is 0 Å². The summed E-state index contributed by atoms with van der Waals surface area (Å²) in [5.74, 6) is 0. The Hall–Kier alpha value is -0.900. The first-order chi connectivity index (χ1) is 7.68. The molecule has 1 heterocycles. The summed E-state index contributed by atoms with van der Waals surface area (Å²) in [5, 5.41) is 10.6. The highest BCUT2D eigenvalue weighted by atomic mass is 79.9. The van der Waals surface area contributed by atoms with Crippen LogP contribution in [-0.4, -0.2) is 10.1 Å². The fourth-order valence-electron chi connectivity index (χ4n) is 1.41. The Morgan fingerprint density at radius 2 is 1.94 bits per heavy atom. The number of hydrogen-bond donors (Lipinski definition) is 1. The molecule has 0 saturated heterocycles. The van der Waals surface area contributed by atoms with Crippen LogP contribution in [0.25, 0.3) is 0 Å². The van der Waals surface area contributed by atoms with E-state index in [1.54, 1.807) is 24.4 Å². The molecule has 16 heavy (non-hydrogen) atoms. The summed E-state index contributed by atoms with van der Waals surface area (Å²) in [6, 6.07) is 10.8. The zero-order valence-electron chi connectivity index (χ0n) is 8.27. The molecular formula is C12H9BrClNO. The van der Waals surface area contributed by atoms with E-state index >= 15 is 0 Å². The van der Waals surface area contributed by atoms with Crippen molar-refractivity contribution >= 4 is 27.5 Å². The van der Waals surface area contributed by atoms with Crippen molar-refractivity contribution in [3.05, 3.63) is 63.3 Å². The van der Waals surface area contributed by atoms with Gasteiger partial charge in [0.25, 0.3) is 0 Å². The third-order valence-electron chi connectivity index (χ3n) is 2.23. The predicted molar refractivity (Wildman–Crippen MR) is 67.5 cm³/mol. The molecular weight excluding hydrogens is 289 g/mol. The van der Waals surface area contributed by atoms with Crippen LogP contribution in [0.3, 0.4) is 0 Å². The van der Waals surface area contributed by atoms with Crippen LogP contribution in [0.2, 0.25) is 5.02 Å². The lowest BCUT2D eigenvalue weighted by molar-refractivity contribution is 0.215. The molecule has 0 saturated carbocycles. The number of aliphatic hydroxyl groups is 1. The smallest absolute Gasteiger partial charge is 0.122 e. The lowest BCUT2D eigenvalue weighted by atomic mass is 10.1. The van der Waals surface area contributed by atoms with Crippen molar-refractivity contribution in [2.45, 2.75) is 6.10 Å². The second kappa shape index (κ2) is 4.95. The Morgan fingerprint density at radius 3 is 2.56 bits per heavy atom. The molecule has 0 fully saturated rings. The van der Waals surface area contributed by atoms with Gasteiger partial charge in [0.2, 0.25) is 0 Å². The minimum Gasteiger partial charge on any atom is -0.382 e. The zero-order valence-corrected chi connectivity index (χ0v) is 10.6. The highest BCUT2D eigenvalue weighted by molar-refractivity contribution is 9.10. The molecule has 2 rings (SSSR count). The van der Waals surface area contributed by atoms with Crippen LogP contribution in [0, 0.1) is 0 Å². The second-order valence-corrected chi connectivity index (χ2v) is 4.65. The molecule has 2 nitrogen and oxygen atoms in total. The summed E-state index contributed by atoms with van der Waals surface area (Å²) in [6.45, 7) is 0. The molecule has 82 valence electrons. The Bertz CT molecular complexity index is 487. The fourth-order valence-corrected chi connectivity index (χ4v) is 1.88. The van der Waals surface area contributed by atoms with E-state index in [1.807, 2.05) is 18.2 Å². The molecule has 0 bridgehead atoms. The highest BCUT2D eigenvalue weighted by Crippen LogP contribution is 2.27. The molecule has 1 aromatic carbocycles. The van der Waals surface area contributed by atoms with Gasteiger partial charge in [-0.1, -0.05) is 29.8 Å². The Balaban J connectivity index is 2.35. The van der Waals surface area contributed by atoms with Gasteiger partial charge in [-0.3, -0.25) is 4.98 Å². The van der Waals surface area contributed by atoms with Crippen molar-refractivity contribution in [2.24, 2.45) is 0 Å². The van der Waals surface area contributed by atoms with E-state index in [0.717, 1.165) is 4.47 Å². The van der Waals surface area contributed by atoms with Crippen LogP contribution in [0.15, 0.2) is 47.1 Å². The standard InChI is InChI=1S/C12H9BrClNO/c13-8-5-6-11(15-7-8)12(16)9-3-1-2-4-10(9)14/h1-7,12,16H. The van der Waals surface area contributed by atoms with Crippen molar-refractivity contribution in [1.29, 1.82) is 0 Å². The number of benzene rings is 1. The van der Waals surface area contributed by atoms with Gasteiger partial charge in [-0.05, 0) is 34.1 Å². The van der Waals surface area contributed by atoms with E-state index in [9.17, 15) is 5.11 Å². The summed E-state index contributed by atoms with van der Waals surface area (Å²) in [6.07, 6.45) is 0.858. The molecule has 0 aliphatic rings. The molecule has 2 aromatic rings. The van der Waals surface area contributed by atoms with Crippen LogP contribution < -0.4 is 0 Å². The van der Waals surface area contributed by atoms with Crippen molar-refractivity contribution in [1.82, 2.24) is 4.98 Å². The lowest BCUT2D eigenvalue weighted by Crippen LogP contribution is -2.02. The van der Waals surface area contributed by atoms with Gasteiger partial charge in [-0.25, -0.2) is 0 Å². The van der Waals surface area contributed by atoms with E-state index in [2.05, 4.69) is 20.9 Å². The average Bonchev–Trinajstić information content (AvgIpc) is 2.30. The van der Waals surface area contributed by atoms with Crippen LogP contribution in [0.4, 0.5) is 0 Å². The maximum atomic E-state index is 10.1. The largest absolute Gasteiger partial charge is 0.382 e. The maximum Gasteiger partial charge on any atom is 0.122 e. The van der Waals surface area contributed by atoms with Crippen molar-refractivity contribution in [2.75, 3.05) is 0 Å². The monoisotopic (exact) mass is 297 g/mol. The molecule has 0 radical (unpaired) electrons. The molecule has 0 amide bonds. The number of pyridine rings is 1. The summed E-state index contributed by atoms with van der Waals surface area (Å²) in [5.41, 5.74) is 1.25. The van der Waals surface area contributed by atoms with Crippen molar-refractivity contribution in [3.63, 3.8) is 0 Å². The van der Waals surface area contributed by atoms with Gasteiger partial charge in [0, 0.05) is 21.3 Å². The van der Waals surface area contributed by atoms with Gasteiger partial charge in [-0.15, -0.1) is 0 Å². The second-order valence-electron chi connectivity index (χ2n) is 3.33. The van der Waals surface area contributed by atoms with Crippen LogP contribution in [0.5, 0.6) is 0 Å². The fraction of sp³-hybridized carbons (Fsp3) is 0.0833. The van der Waals surface area contributed by atoms with Gasteiger partial charge in [0.1, 0.15) is 6.10 Å². The number of hydrogen-bond acceptors (Lipinski definition) is 2. The third kappa shape index (κ3) is 2.43. The van der Waals surface area contributed by atoms with Crippen molar-refractivity contribution < 1.29 is 5.11 Å². The van der Waals surface area contributed by atoms with E-state index < -0.39 is 6.10 Å². The van der Waals surface area contributed by atoms with Gasteiger partial charge in [0.15, 0.2) is 0 Å². The predicted octanol–water partition coefficient (Wildman–Crippen LogP) is 3.58. The summed E-state index contributed by atoms with van der Waals surface area (Å²) in [7, 11) is 0. The molecule has 1 N–H and O–H groups in total. The summed E-state index contributed by atoms with van der Waals surface area (Å²) >= 11 is 9.30. The molecule has 0 aliphatic heterocycles. The number of rotatable bonds is 2. The van der Waals surface area contributed by atoms with Crippen molar-refractivity contribution in [3.8, 4) is 0 Å². The van der Waals surface area contributed by atoms with Crippen LogP contribution in [0.1, 0.15) is 17.4 Å². The van der Waals surface area contributed by atoms with Gasteiger partial charge in [-0.2, -0.15) is 0 Å². The molecule has 1 aromatic heterocycles. The van der Waals surface area contributed by atoms with Gasteiger partial charge < -0.3 is 5.11 Å². The first-order valence-electron chi connectivity index (χ1n) is 4.72. The third-order valence-corrected chi connectivity index (χ3v) is 3.04. The lowest BCUT2D eigenvalue weighted by Gasteiger charge is -2.11. The van der Waals surface area contributed by atoms with E-state index in [-0.39, 0.29) is 0 Å². The maximum absolute atomic E-state index is 10.1. The highest BCUT2D eigenvalue weighted by Gasteiger charge is 2.14.